The summed E-state index contributed by atoms with van der Waals surface area (Å²) in [5.41, 5.74) is -1.66. The normalized spacial score (nSPS) is 13.2. The van der Waals surface area contributed by atoms with Gasteiger partial charge in [0, 0.05) is 11.0 Å². The number of alkyl halides is 3. The van der Waals surface area contributed by atoms with Crippen molar-refractivity contribution in [2.75, 3.05) is 6.61 Å². The van der Waals surface area contributed by atoms with Crippen molar-refractivity contribution < 1.29 is 18.0 Å². The Bertz CT molecular complexity index is 332. The predicted molar refractivity (Wildman–Crippen MR) is 46.8 cm³/mol. The summed E-state index contributed by atoms with van der Waals surface area (Å²) < 4.78 is 37.5. The molecule has 0 aliphatic carbocycles. The molecule has 0 aliphatic rings. The average Bonchev–Trinajstić information content (AvgIpc) is 2.49. The van der Waals surface area contributed by atoms with Crippen LogP contribution in [0.1, 0.15) is 25.1 Å². The molecule has 7 heteroatoms. The summed E-state index contributed by atoms with van der Waals surface area (Å²) in [6.07, 6.45) is -3.31. The Morgan fingerprint density at radius 1 is 1.47 bits per heavy atom. The van der Waals surface area contributed by atoms with Gasteiger partial charge in [-0.15, -0.1) is 0 Å². The molecule has 0 aliphatic heterocycles. The largest absolute Gasteiger partial charge is 0.433 e. The maximum absolute atomic E-state index is 12.5. The number of rotatable bonds is 3. The molecule has 3 N–H and O–H groups in total. The maximum Gasteiger partial charge on any atom is 0.433 e. The third kappa shape index (κ3) is 2.48. The second-order valence-electron chi connectivity index (χ2n) is 3.85. The zero-order chi connectivity index (χ0) is 11.7. The lowest BCUT2D eigenvalue weighted by Gasteiger charge is -2.23. The fraction of sp³-hybridized carbons (Fsp3) is 0.625. The summed E-state index contributed by atoms with van der Waals surface area (Å²) in [6.45, 7) is 3.18. The molecule has 0 atom stereocenters. The topological polar surface area (TPSA) is 63.9 Å². The van der Waals surface area contributed by atoms with E-state index in [1.54, 1.807) is 13.8 Å². The van der Waals surface area contributed by atoms with Crippen LogP contribution in [0.4, 0.5) is 13.2 Å². The first-order valence-electron chi connectivity index (χ1n) is 4.22. The highest BCUT2D eigenvalue weighted by Gasteiger charge is 2.39. The van der Waals surface area contributed by atoms with E-state index in [9.17, 15) is 13.2 Å². The monoisotopic (exact) mass is 223 g/mol. The molecule has 0 fully saturated rings. The Balaban J connectivity index is 3.10. The summed E-state index contributed by atoms with van der Waals surface area (Å²) in [5, 5.41) is 5.33. The van der Waals surface area contributed by atoms with E-state index in [-0.39, 0.29) is 12.2 Å². The molecule has 0 unspecified atom stereocenters. The number of nitrogens with one attached hydrogen (secondary N) is 1. The van der Waals surface area contributed by atoms with Crippen LogP contribution in [0.15, 0.2) is 6.20 Å². The van der Waals surface area contributed by atoms with Gasteiger partial charge in [-0.1, -0.05) is 13.8 Å². The number of halogens is 3. The standard InChI is InChI=1S/C8H12F3N3O/c1-7(2,4-15-12)5-3-13-14-6(5)8(9,10)11/h3H,4,12H2,1-2H3,(H,13,14). The van der Waals surface area contributed by atoms with Crippen LogP contribution in [-0.4, -0.2) is 16.8 Å². The Hall–Kier alpha value is -1.08. The SMILES string of the molecule is CC(C)(CON)c1cn[nH]c1C(F)(F)F. The van der Waals surface area contributed by atoms with E-state index in [0.717, 1.165) is 6.20 Å². The average molecular weight is 223 g/mol. The van der Waals surface area contributed by atoms with Crippen molar-refractivity contribution in [2.45, 2.75) is 25.4 Å². The third-order valence-electron chi connectivity index (χ3n) is 2.10. The number of aromatic amines is 1. The highest BCUT2D eigenvalue weighted by atomic mass is 19.4. The van der Waals surface area contributed by atoms with Gasteiger partial charge in [-0.05, 0) is 0 Å². The van der Waals surface area contributed by atoms with E-state index in [4.69, 9.17) is 5.90 Å². The van der Waals surface area contributed by atoms with Crippen molar-refractivity contribution in [3.63, 3.8) is 0 Å². The molecule has 1 aromatic rings. The highest BCUT2D eigenvalue weighted by molar-refractivity contribution is 5.27. The number of hydrogen-bond donors (Lipinski definition) is 2. The van der Waals surface area contributed by atoms with Crippen molar-refractivity contribution in [3.8, 4) is 0 Å². The predicted octanol–water partition coefficient (Wildman–Crippen LogP) is 1.60. The molecule has 15 heavy (non-hydrogen) atoms. The Kier molecular flexibility index (Phi) is 3.05. The fourth-order valence-corrected chi connectivity index (χ4v) is 1.30. The van der Waals surface area contributed by atoms with Crippen LogP contribution in [0.25, 0.3) is 0 Å². The second-order valence-corrected chi connectivity index (χ2v) is 3.85. The van der Waals surface area contributed by atoms with Crippen molar-refractivity contribution >= 4 is 0 Å². The highest BCUT2D eigenvalue weighted by Crippen LogP contribution is 2.35. The smallest absolute Gasteiger partial charge is 0.304 e. The van der Waals surface area contributed by atoms with Crippen LogP contribution in [0, 0.1) is 0 Å². The van der Waals surface area contributed by atoms with E-state index in [2.05, 4.69) is 9.94 Å². The quantitative estimate of drug-likeness (QED) is 0.765. The van der Waals surface area contributed by atoms with Gasteiger partial charge in [-0.25, -0.2) is 5.90 Å². The van der Waals surface area contributed by atoms with Gasteiger partial charge >= 0.3 is 6.18 Å². The lowest BCUT2D eigenvalue weighted by Crippen LogP contribution is -2.28. The van der Waals surface area contributed by atoms with E-state index in [0.29, 0.717) is 0 Å². The van der Waals surface area contributed by atoms with Gasteiger partial charge in [0.1, 0.15) is 5.69 Å². The minimum atomic E-state index is -4.45. The first-order valence-corrected chi connectivity index (χ1v) is 4.22. The minimum absolute atomic E-state index is 0.0182. The van der Waals surface area contributed by atoms with Gasteiger partial charge < -0.3 is 4.84 Å². The zero-order valence-corrected chi connectivity index (χ0v) is 8.35. The molecule has 0 bridgehead atoms. The van der Waals surface area contributed by atoms with Crippen molar-refractivity contribution in [1.29, 1.82) is 0 Å². The van der Waals surface area contributed by atoms with E-state index < -0.39 is 17.3 Å². The van der Waals surface area contributed by atoms with Gasteiger partial charge in [0.15, 0.2) is 0 Å². The Morgan fingerprint density at radius 2 is 2.07 bits per heavy atom. The van der Waals surface area contributed by atoms with Crippen molar-refractivity contribution in [3.05, 3.63) is 17.5 Å². The molecule has 0 amide bonds. The first-order chi connectivity index (χ1) is 6.79. The fourth-order valence-electron chi connectivity index (χ4n) is 1.30. The lowest BCUT2D eigenvalue weighted by molar-refractivity contribution is -0.142. The van der Waals surface area contributed by atoms with E-state index in [1.807, 2.05) is 5.10 Å². The van der Waals surface area contributed by atoms with Gasteiger partial charge in [0.05, 0.1) is 12.8 Å². The summed E-state index contributed by atoms with van der Waals surface area (Å²) >= 11 is 0. The molecule has 0 saturated carbocycles. The molecule has 4 nitrogen and oxygen atoms in total. The minimum Gasteiger partial charge on any atom is -0.304 e. The number of hydrogen-bond acceptors (Lipinski definition) is 3. The molecule has 0 saturated heterocycles. The molecule has 0 spiro atoms. The zero-order valence-electron chi connectivity index (χ0n) is 8.35. The molecule has 0 radical (unpaired) electrons. The van der Waals surface area contributed by atoms with Crippen LogP contribution in [0.3, 0.4) is 0 Å². The van der Waals surface area contributed by atoms with Crippen LogP contribution in [0.2, 0.25) is 0 Å². The first kappa shape index (κ1) is 12.0. The molecule has 1 rings (SSSR count). The van der Waals surface area contributed by atoms with Crippen molar-refractivity contribution in [2.24, 2.45) is 5.90 Å². The summed E-state index contributed by atoms with van der Waals surface area (Å²) in [4.78, 5) is 4.39. The number of H-pyrrole nitrogens is 1. The van der Waals surface area contributed by atoms with Crippen molar-refractivity contribution in [1.82, 2.24) is 10.2 Å². The van der Waals surface area contributed by atoms with Gasteiger partial charge in [-0.3, -0.25) is 5.10 Å². The van der Waals surface area contributed by atoms with Crippen LogP contribution >= 0.6 is 0 Å². The molecule has 1 aromatic heterocycles. The Morgan fingerprint density at radius 3 is 2.53 bits per heavy atom. The van der Waals surface area contributed by atoms with Gasteiger partial charge in [0.2, 0.25) is 0 Å². The van der Waals surface area contributed by atoms with Crippen LogP contribution < -0.4 is 5.90 Å². The van der Waals surface area contributed by atoms with Crippen LogP contribution in [0.5, 0.6) is 0 Å². The molecular weight excluding hydrogens is 211 g/mol. The van der Waals surface area contributed by atoms with Crippen LogP contribution in [-0.2, 0) is 16.4 Å². The second kappa shape index (κ2) is 3.82. The Labute approximate surface area is 84.6 Å². The number of nitrogens with two attached hydrogens (primary N) is 1. The molecule has 0 aromatic carbocycles. The number of aromatic nitrogens is 2. The van der Waals surface area contributed by atoms with Gasteiger partial charge in [-0.2, -0.15) is 18.3 Å². The van der Waals surface area contributed by atoms with E-state index >= 15 is 0 Å². The molecule has 86 valence electrons. The summed E-state index contributed by atoms with van der Waals surface area (Å²) in [5.74, 6) is 4.87. The summed E-state index contributed by atoms with van der Waals surface area (Å²) in [7, 11) is 0. The molecular formula is C8H12F3N3O. The van der Waals surface area contributed by atoms with E-state index in [1.165, 1.54) is 0 Å². The maximum atomic E-state index is 12.5. The van der Waals surface area contributed by atoms with Gasteiger partial charge in [0.25, 0.3) is 0 Å². The summed E-state index contributed by atoms with van der Waals surface area (Å²) in [6, 6.07) is 0. The third-order valence-corrected chi connectivity index (χ3v) is 2.10. The molecule has 1 heterocycles. The number of nitrogens with zero attached hydrogens (tertiary/aromatic N) is 1. The lowest BCUT2D eigenvalue weighted by atomic mass is 9.86.